The molecule has 0 heterocycles. The van der Waals surface area contributed by atoms with E-state index in [2.05, 4.69) is 0 Å². The Morgan fingerprint density at radius 3 is 1.80 bits per heavy atom. The highest BCUT2D eigenvalue weighted by atomic mass is 35.5. The van der Waals surface area contributed by atoms with Crippen LogP contribution in [0.15, 0.2) is 0 Å². The molecule has 0 atom stereocenters. The highest BCUT2D eigenvalue weighted by Crippen LogP contribution is 1.90. The molecular formula is C6H12ClF2N. The van der Waals surface area contributed by atoms with E-state index < -0.39 is 13.3 Å². The van der Waals surface area contributed by atoms with E-state index in [-0.39, 0.29) is 13.1 Å². The van der Waals surface area contributed by atoms with Crippen molar-refractivity contribution < 1.29 is 8.78 Å². The lowest BCUT2D eigenvalue weighted by Gasteiger charge is -2.16. The van der Waals surface area contributed by atoms with E-state index in [1.165, 1.54) is 0 Å². The maximum atomic E-state index is 11.7. The molecule has 0 aromatic carbocycles. The first-order valence-corrected chi connectivity index (χ1v) is 3.78. The number of halogens is 3. The van der Waals surface area contributed by atoms with E-state index in [0.29, 0.717) is 12.4 Å². The van der Waals surface area contributed by atoms with Crippen molar-refractivity contribution in [3.63, 3.8) is 0 Å². The van der Waals surface area contributed by atoms with Crippen LogP contribution in [-0.4, -0.2) is 43.8 Å². The average Bonchev–Trinajstić information content (AvgIpc) is 1.90. The van der Waals surface area contributed by atoms with Gasteiger partial charge in [-0.05, 0) is 0 Å². The van der Waals surface area contributed by atoms with Crippen LogP contribution >= 0.6 is 11.6 Å². The third-order valence-corrected chi connectivity index (χ3v) is 1.37. The number of rotatable bonds is 6. The van der Waals surface area contributed by atoms with Crippen molar-refractivity contribution in [3.05, 3.63) is 0 Å². The minimum atomic E-state index is -0.434. The van der Waals surface area contributed by atoms with Gasteiger partial charge in [0.25, 0.3) is 0 Å². The lowest BCUT2D eigenvalue weighted by Crippen LogP contribution is -2.30. The molecule has 0 rings (SSSR count). The van der Waals surface area contributed by atoms with Gasteiger partial charge in [0.1, 0.15) is 13.3 Å². The van der Waals surface area contributed by atoms with Gasteiger partial charge in [-0.25, -0.2) is 8.78 Å². The summed E-state index contributed by atoms with van der Waals surface area (Å²) in [6.45, 7) is 0.274. The van der Waals surface area contributed by atoms with Gasteiger partial charge >= 0.3 is 0 Å². The smallest absolute Gasteiger partial charge is 0.102 e. The van der Waals surface area contributed by atoms with Gasteiger partial charge in [0.05, 0.1) is 0 Å². The van der Waals surface area contributed by atoms with Crippen LogP contribution in [0.25, 0.3) is 0 Å². The first kappa shape index (κ1) is 10.1. The Morgan fingerprint density at radius 1 is 1.00 bits per heavy atom. The Hall–Kier alpha value is 0.110. The maximum Gasteiger partial charge on any atom is 0.102 e. The molecule has 0 aliphatic rings. The zero-order valence-electron chi connectivity index (χ0n) is 5.82. The number of nitrogens with zero attached hydrogens (tertiary/aromatic N) is 1. The summed E-state index contributed by atoms with van der Waals surface area (Å²) in [6.07, 6.45) is 0. The van der Waals surface area contributed by atoms with Crippen molar-refractivity contribution in [2.24, 2.45) is 0 Å². The largest absolute Gasteiger partial charge is 0.297 e. The van der Waals surface area contributed by atoms with Gasteiger partial charge in [-0.2, -0.15) is 0 Å². The topological polar surface area (TPSA) is 3.24 Å². The standard InChI is InChI=1S/C6H12ClF2N/c7-1-4-10(5-2-8)6-3-9/h1-6H2. The molecule has 0 N–H and O–H groups in total. The van der Waals surface area contributed by atoms with Crippen molar-refractivity contribution in [1.82, 2.24) is 4.90 Å². The van der Waals surface area contributed by atoms with Gasteiger partial charge in [-0.3, -0.25) is 4.90 Å². The molecular weight excluding hydrogens is 160 g/mol. The minimum Gasteiger partial charge on any atom is -0.297 e. The molecule has 62 valence electrons. The first-order chi connectivity index (χ1) is 4.85. The predicted molar refractivity (Wildman–Crippen MR) is 39.1 cm³/mol. The van der Waals surface area contributed by atoms with Crippen LogP contribution in [-0.2, 0) is 0 Å². The first-order valence-electron chi connectivity index (χ1n) is 3.25. The Morgan fingerprint density at radius 2 is 1.50 bits per heavy atom. The highest BCUT2D eigenvalue weighted by Gasteiger charge is 2.01. The second-order valence-corrected chi connectivity index (χ2v) is 2.29. The normalized spacial score (nSPS) is 10.8. The van der Waals surface area contributed by atoms with Crippen LogP contribution in [0.1, 0.15) is 0 Å². The van der Waals surface area contributed by atoms with E-state index in [1.54, 1.807) is 4.90 Å². The van der Waals surface area contributed by atoms with Crippen molar-refractivity contribution >= 4 is 11.6 Å². The second-order valence-electron chi connectivity index (χ2n) is 1.91. The van der Waals surface area contributed by atoms with E-state index >= 15 is 0 Å². The Kier molecular flexibility index (Phi) is 7.30. The van der Waals surface area contributed by atoms with Crippen LogP contribution in [0.4, 0.5) is 8.78 Å². The summed E-state index contributed by atoms with van der Waals surface area (Å²) >= 11 is 5.38. The number of hydrogen-bond donors (Lipinski definition) is 0. The molecule has 0 aromatic heterocycles. The second kappa shape index (κ2) is 7.22. The summed E-state index contributed by atoms with van der Waals surface area (Å²) in [5.74, 6) is 0.431. The summed E-state index contributed by atoms with van der Waals surface area (Å²) in [5.41, 5.74) is 0. The molecule has 0 saturated carbocycles. The van der Waals surface area contributed by atoms with E-state index in [0.717, 1.165) is 0 Å². The monoisotopic (exact) mass is 171 g/mol. The number of hydrogen-bond acceptors (Lipinski definition) is 1. The van der Waals surface area contributed by atoms with Gasteiger partial charge < -0.3 is 0 Å². The summed E-state index contributed by atoms with van der Waals surface area (Å²) < 4.78 is 23.4. The van der Waals surface area contributed by atoms with Gasteiger partial charge in [0, 0.05) is 25.5 Å². The van der Waals surface area contributed by atoms with Crippen LogP contribution in [0, 0.1) is 0 Å². The summed E-state index contributed by atoms with van der Waals surface area (Å²) in [6, 6.07) is 0. The van der Waals surface area contributed by atoms with Gasteiger partial charge in [-0.1, -0.05) is 0 Å². The molecule has 0 radical (unpaired) electrons. The van der Waals surface area contributed by atoms with Crippen molar-refractivity contribution in [2.75, 3.05) is 38.9 Å². The third kappa shape index (κ3) is 4.94. The average molecular weight is 172 g/mol. The maximum absolute atomic E-state index is 11.7. The molecule has 0 bridgehead atoms. The van der Waals surface area contributed by atoms with Crippen molar-refractivity contribution in [2.45, 2.75) is 0 Å². The fraction of sp³-hybridized carbons (Fsp3) is 1.00. The van der Waals surface area contributed by atoms with Crippen LogP contribution in [0.3, 0.4) is 0 Å². The lowest BCUT2D eigenvalue weighted by atomic mass is 10.5. The van der Waals surface area contributed by atoms with E-state index in [9.17, 15) is 8.78 Å². The molecule has 10 heavy (non-hydrogen) atoms. The number of alkyl halides is 3. The van der Waals surface area contributed by atoms with Crippen molar-refractivity contribution in [1.29, 1.82) is 0 Å². The van der Waals surface area contributed by atoms with Crippen LogP contribution in [0.2, 0.25) is 0 Å². The Bertz CT molecular complexity index is 58.5. The molecule has 0 unspecified atom stereocenters. The van der Waals surface area contributed by atoms with Gasteiger partial charge in [0.2, 0.25) is 0 Å². The molecule has 0 spiro atoms. The van der Waals surface area contributed by atoms with E-state index in [4.69, 9.17) is 11.6 Å². The Balaban J connectivity index is 3.30. The molecule has 0 aliphatic heterocycles. The Labute approximate surface area is 65.0 Å². The summed E-state index contributed by atoms with van der Waals surface area (Å²) in [5, 5.41) is 0. The quantitative estimate of drug-likeness (QED) is 0.547. The molecule has 0 amide bonds. The van der Waals surface area contributed by atoms with Crippen molar-refractivity contribution in [3.8, 4) is 0 Å². The fourth-order valence-corrected chi connectivity index (χ4v) is 0.933. The van der Waals surface area contributed by atoms with Crippen LogP contribution in [0.5, 0.6) is 0 Å². The van der Waals surface area contributed by atoms with Gasteiger partial charge in [-0.15, -0.1) is 11.6 Å². The van der Waals surface area contributed by atoms with E-state index in [1.807, 2.05) is 0 Å². The fourth-order valence-electron chi connectivity index (χ4n) is 0.694. The molecule has 0 aliphatic carbocycles. The summed E-state index contributed by atoms with van der Waals surface area (Å²) in [7, 11) is 0. The molecule has 4 heteroatoms. The third-order valence-electron chi connectivity index (χ3n) is 1.20. The summed E-state index contributed by atoms with van der Waals surface area (Å²) in [4.78, 5) is 1.66. The molecule has 1 nitrogen and oxygen atoms in total. The zero-order valence-corrected chi connectivity index (χ0v) is 6.58. The minimum absolute atomic E-state index is 0.288. The molecule has 0 aromatic rings. The van der Waals surface area contributed by atoms with Gasteiger partial charge in [0.15, 0.2) is 0 Å². The zero-order chi connectivity index (χ0) is 7.82. The SMILES string of the molecule is FCCN(CCF)CCCl. The molecule has 0 saturated heterocycles. The predicted octanol–water partition coefficient (Wildman–Crippen LogP) is 1.47. The molecule has 0 fully saturated rings. The highest BCUT2D eigenvalue weighted by molar-refractivity contribution is 6.18. The van der Waals surface area contributed by atoms with Crippen LogP contribution < -0.4 is 0 Å². The lowest BCUT2D eigenvalue weighted by molar-refractivity contribution is 0.239.